The maximum atomic E-state index is 8.66. The fourth-order valence-electron chi connectivity index (χ4n) is 3.18. The van der Waals surface area contributed by atoms with Crippen molar-refractivity contribution in [3.63, 3.8) is 0 Å². The van der Waals surface area contributed by atoms with E-state index in [-0.39, 0.29) is 17.6 Å². The monoisotopic (exact) mass is 374 g/mol. The van der Waals surface area contributed by atoms with Crippen molar-refractivity contribution in [1.82, 2.24) is 15.3 Å². The predicted molar refractivity (Wildman–Crippen MR) is 110 cm³/mol. The van der Waals surface area contributed by atoms with Gasteiger partial charge in [-0.15, -0.1) is 0 Å². The van der Waals surface area contributed by atoms with Gasteiger partial charge in [-0.3, -0.25) is 5.41 Å². The summed E-state index contributed by atoms with van der Waals surface area (Å²) in [6, 6.07) is 17.2. The number of benzene rings is 2. The molecule has 1 atom stereocenters. The molecule has 7 nitrogen and oxygen atoms in total. The minimum absolute atomic E-state index is 0.266. The molecule has 0 bridgehead atoms. The van der Waals surface area contributed by atoms with E-state index in [0.717, 1.165) is 30.8 Å². The van der Waals surface area contributed by atoms with Crippen molar-refractivity contribution in [2.75, 3.05) is 24.1 Å². The van der Waals surface area contributed by atoms with E-state index in [9.17, 15) is 0 Å². The molecule has 0 spiro atoms. The average molecular weight is 374 g/mol. The first-order valence-electron chi connectivity index (χ1n) is 9.20. The lowest BCUT2D eigenvalue weighted by molar-refractivity contribution is 0.482. The van der Waals surface area contributed by atoms with Crippen molar-refractivity contribution in [3.8, 4) is 11.5 Å². The van der Waals surface area contributed by atoms with Crippen LogP contribution in [0.2, 0.25) is 0 Å². The van der Waals surface area contributed by atoms with Crippen molar-refractivity contribution in [2.45, 2.75) is 12.5 Å². The highest BCUT2D eigenvalue weighted by Crippen LogP contribution is 2.25. The Morgan fingerprint density at radius 2 is 1.82 bits per heavy atom. The normalized spacial score (nSPS) is 15.9. The van der Waals surface area contributed by atoms with Gasteiger partial charge >= 0.3 is 0 Å². The smallest absolute Gasteiger partial charge is 0.141 e. The molecule has 5 N–H and O–H groups in total. The second-order valence-electron chi connectivity index (χ2n) is 6.63. The molecule has 4 rings (SSSR count). The van der Waals surface area contributed by atoms with Gasteiger partial charge in [0.1, 0.15) is 29.5 Å². The summed E-state index contributed by atoms with van der Waals surface area (Å²) in [5.74, 6) is 2.35. The Bertz CT molecular complexity index is 952. The standard InChI is InChI=1S/C21H22N6O/c22-19(14-6-8-17(9-7-14)28-16-4-2-1-3-5-16)18-20(23)25-13-26-21(18)27-15-10-11-24-12-15/h1-9,13,15,22,24H,10-12H2,(H3,23,25,26,27). The summed E-state index contributed by atoms with van der Waals surface area (Å²) >= 11 is 0. The van der Waals surface area contributed by atoms with Gasteiger partial charge in [-0.25, -0.2) is 9.97 Å². The number of aromatic nitrogens is 2. The molecular formula is C21H22N6O. The van der Waals surface area contributed by atoms with Crippen molar-refractivity contribution in [2.24, 2.45) is 0 Å². The van der Waals surface area contributed by atoms with Crippen LogP contribution in [0.3, 0.4) is 0 Å². The molecule has 28 heavy (non-hydrogen) atoms. The number of hydrogen-bond donors (Lipinski definition) is 4. The molecule has 1 aliphatic rings. The Morgan fingerprint density at radius 3 is 2.54 bits per heavy atom. The number of nitrogens with two attached hydrogens (primary N) is 1. The Kier molecular flexibility index (Phi) is 5.16. The molecule has 2 aromatic carbocycles. The lowest BCUT2D eigenvalue weighted by atomic mass is 10.0. The lowest BCUT2D eigenvalue weighted by Crippen LogP contribution is -2.25. The summed E-state index contributed by atoms with van der Waals surface area (Å²) < 4.78 is 5.82. The number of rotatable bonds is 6. The Morgan fingerprint density at radius 1 is 1.07 bits per heavy atom. The number of hydrogen-bond acceptors (Lipinski definition) is 7. The van der Waals surface area contributed by atoms with Gasteiger partial charge in [0.05, 0.1) is 11.3 Å². The van der Waals surface area contributed by atoms with Crippen LogP contribution in [0.25, 0.3) is 0 Å². The SMILES string of the molecule is N=C(c1ccc(Oc2ccccc2)cc1)c1c(N)ncnc1NC1CCNC1. The summed E-state index contributed by atoms with van der Waals surface area (Å²) in [6.45, 7) is 1.83. The molecule has 1 saturated heterocycles. The molecule has 0 saturated carbocycles. The summed E-state index contributed by atoms with van der Waals surface area (Å²) in [5, 5.41) is 15.4. The largest absolute Gasteiger partial charge is 0.457 e. The van der Waals surface area contributed by atoms with Crippen LogP contribution in [-0.2, 0) is 0 Å². The van der Waals surface area contributed by atoms with E-state index in [2.05, 4.69) is 20.6 Å². The van der Waals surface area contributed by atoms with Crippen LogP contribution < -0.4 is 21.1 Å². The third-order valence-corrected chi connectivity index (χ3v) is 4.65. The second-order valence-corrected chi connectivity index (χ2v) is 6.63. The van der Waals surface area contributed by atoms with Crippen molar-refractivity contribution < 1.29 is 4.74 Å². The van der Waals surface area contributed by atoms with Crippen LogP contribution in [0, 0.1) is 5.41 Å². The van der Waals surface area contributed by atoms with Crippen molar-refractivity contribution in [1.29, 1.82) is 5.41 Å². The van der Waals surface area contributed by atoms with E-state index in [1.165, 1.54) is 6.33 Å². The van der Waals surface area contributed by atoms with Gasteiger partial charge in [-0.2, -0.15) is 0 Å². The molecule has 1 fully saturated rings. The maximum Gasteiger partial charge on any atom is 0.141 e. The molecule has 1 unspecified atom stereocenters. The number of nitrogens with zero attached hydrogens (tertiary/aromatic N) is 2. The number of ether oxygens (including phenoxy) is 1. The molecule has 2 heterocycles. The molecule has 7 heteroatoms. The summed E-state index contributed by atoms with van der Waals surface area (Å²) in [4.78, 5) is 8.41. The van der Waals surface area contributed by atoms with Crippen LogP contribution in [-0.4, -0.2) is 34.8 Å². The first-order valence-corrected chi connectivity index (χ1v) is 9.20. The summed E-state index contributed by atoms with van der Waals surface area (Å²) in [6.07, 6.45) is 2.43. The summed E-state index contributed by atoms with van der Waals surface area (Å²) in [5.41, 5.74) is 7.61. The van der Waals surface area contributed by atoms with Crippen molar-refractivity contribution >= 4 is 17.3 Å². The molecule has 1 aromatic heterocycles. The third kappa shape index (κ3) is 3.94. The minimum Gasteiger partial charge on any atom is -0.457 e. The highest BCUT2D eigenvalue weighted by Gasteiger charge is 2.20. The lowest BCUT2D eigenvalue weighted by Gasteiger charge is -2.17. The van der Waals surface area contributed by atoms with Gasteiger partial charge in [0.15, 0.2) is 0 Å². The summed E-state index contributed by atoms with van der Waals surface area (Å²) in [7, 11) is 0. The van der Waals surface area contributed by atoms with E-state index < -0.39 is 0 Å². The van der Waals surface area contributed by atoms with Crippen LogP contribution in [0.15, 0.2) is 60.9 Å². The highest BCUT2D eigenvalue weighted by atomic mass is 16.5. The van der Waals surface area contributed by atoms with Gasteiger partial charge < -0.3 is 21.1 Å². The molecular weight excluding hydrogens is 352 g/mol. The van der Waals surface area contributed by atoms with Crippen molar-refractivity contribution in [3.05, 3.63) is 72.1 Å². The Labute approximate surface area is 163 Å². The number of anilines is 2. The first-order chi connectivity index (χ1) is 13.7. The number of para-hydroxylation sites is 1. The molecule has 0 radical (unpaired) electrons. The van der Waals surface area contributed by atoms with E-state index in [4.69, 9.17) is 15.9 Å². The van der Waals surface area contributed by atoms with Gasteiger partial charge in [0.2, 0.25) is 0 Å². The zero-order valence-corrected chi connectivity index (χ0v) is 15.4. The van der Waals surface area contributed by atoms with Gasteiger partial charge in [0.25, 0.3) is 0 Å². The van der Waals surface area contributed by atoms with Crippen LogP contribution >= 0.6 is 0 Å². The average Bonchev–Trinajstić information content (AvgIpc) is 3.22. The molecule has 0 amide bonds. The van der Waals surface area contributed by atoms with Crippen LogP contribution in [0.1, 0.15) is 17.5 Å². The number of nitrogens with one attached hydrogen (secondary N) is 3. The van der Waals surface area contributed by atoms with Crippen LogP contribution in [0.5, 0.6) is 11.5 Å². The zero-order chi connectivity index (χ0) is 19.3. The van der Waals surface area contributed by atoms with E-state index in [0.29, 0.717) is 17.1 Å². The predicted octanol–water partition coefficient (Wildman–Crippen LogP) is 3.04. The number of nitrogen functional groups attached to an aromatic ring is 1. The second kappa shape index (κ2) is 8.06. The van der Waals surface area contributed by atoms with E-state index >= 15 is 0 Å². The minimum atomic E-state index is 0.266. The van der Waals surface area contributed by atoms with Gasteiger partial charge in [-0.1, -0.05) is 18.2 Å². The maximum absolute atomic E-state index is 8.66. The Balaban J connectivity index is 1.55. The third-order valence-electron chi connectivity index (χ3n) is 4.65. The fourth-order valence-corrected chi connectivity index (χ4v) is 3.18. The van der Waals surface area contributed by atoms with Gasteiger partial charge in [0, 0.05) is 18.2 Å². The quantitative estimate of drug-likeness (QED) is 0.494. The first kappa shape index (κ1) is 17.9. The van der Waals surface area contributed by atoms with E-state index in [1.807, 2.05) is 54.6 Å². The fraction of sp³-hybridized carbons (Fsp3) is 0.190. The molecule has 0 aliphatic carbocycles. The van der Waals surface area contributed by atoms with Gasteiger partial charge in [-0.05, 0) is 49.4 Å². The molecule has 3 aromatic rings. The molecule has 1 aliphatic heterocycles. The Hall–Kier alpha value is -3.45. The topological polar surface area (TPSA) is 109 Å². The van der Waals surface area contributed by atoms with E-state index in [1.54, 1.807) is 0 Å². The van der Waals surface area contributed by atoms with Crippen LogP contribution in [0.4, 0.5) is 11.6 Å². The molecule has 142 valence electrons. The zero-order valence-electron chi connectivity index (χ0n) is 15.4. The highest BCUT2D eigenvalue weighted by molar-refractivity contribution is 6.16.